The van der Waals surface area contributed by atoms with Crippen LogP contribution in [0.2, 0.25) is 0 Å². The first-order valence-corrected chi connectivity index (χ1v) is 10.1. The highest BCUT2D eigenvalue weighted by molar-refractivity contribution is 5.15. The van der Waals surface area contributed by atoms with Gasteiger partial charge in [0.05, 0.1) is 13.1 Å². The van der Waals surface area contributed by atoms with E-state index in [1.807, 2.05) is 0 Å². The largest absolute Gasteiger partial charge is 0.460 e. The third kappa shape index (κ3) is 5.93. The van der Waals surface area contributed by atoms with Gasteiger partial charge in [-0.15, -0.1) is 0 Å². The fourth-order valence-electron chi connectivity index (χ4n) is 2.60. The van der Waals surface area contributed by atoms with Crippen molar-refractivity contribution in [1.29, 1.82) is 0 Å². The molecule has 0 saturated heterocycles. The molecule has 0 fully saturated rings. The SMILES string of the molecule is FC(F)(F)C(F)(F)C(F)(F)C(F)(F)C(F)(F)C(F)(F)C(F)(F)CNCC(F)(F)C(F)(F)C(F)(F)C(F)(F)C(F)(F)C(F)(F)C(F)(F)F. The van der Waals surface area contributed by atoms with Crippen LogP contribution >= 0.6 is 0 Å². The first-order chi connectivity index (χ1) is 19.7. The van der Waals surface area contributed by atoms with Gasteiger partial charge in [-0.1, -0.05) is 0 Å². The van der Waals surface area contributed by atoms with Gasteiger partial charge in [-0.2, -0.15) is 132 Å². The van der Waals surface area contributed by atoms with Crippen LogP contribution in [0.5, 0.6) is 0 Å². The van der Waals surface area contributed by atoms with E-state index in [9.17, 15) is 132 Å². The molecule has 0 rings (SSSR count). The van der Waals surface area contributed by atoms with E-state index in [2.05, 4.69) is 0 Å². The summed E-state index contributed by atoms with van der Waals surface area (Å²) < 4.78 is 391. The van der Waals surface area contributed by atoms with Crippen LogP contribution in [0.1, 0.15) is 0 Å². The van der Waals surface area contributed by atoms with E-state index < -0.39 is 102 Å². The fraction of sp³-hybridized carbons (Fsp3) is 1.00. The third-order valence-electron chi connectivity index (χ3n) is 5.48. The lowest BCUT2D eigenvalue weighted by Crippen LogP contribution is -2.74. The zero-order valence-electron chi connectivity index (χ0n) is 20.3. The van der Waals surface area contributed by atoms with E-state index in [-0.39, 0.29) is 0 Å². The number of hydrogen-bond donors (Lipinski definition) is 1. The Morgan fingerprint density at radius 1 is 0.213 bits per heavy atom. The normalized spacial score (nSPS) is 17.0. The Morgan fingerprint density at radius 3 is 0.532 bits per heavy atom. The summed E-state index contributed by atoms with van der Waals surface area (Å²) in [6.45, 7) is -8.44. The molecule has 284 valence electrons. The van der Waals surface area contributed by atoms with E-state index in [0.29, 0.717) is 0 Å². The molecule has 0 heterocycles. The van der Waals surface area contributed by atoms with Crippen molar-refractivity contribution in [2.75, 3.05) is 13.1 Å². The maximum atomic E-state index is 13.6. The summed E-state index contributed by atoms with van der Waals surface area (Å²) >= 11 is 0. The van der Waals surface area contributed by atoms with Crippen LogP contribution in [0.15, 0.2) is 0 Å². The first-order valence-electron chi connectivity index (χ1n) is 10.1. The minimum Gasteiger partial charge on any atom is -0.305 e. The Bertz CT molecular complexity index is 1020. The quantitative estimate of drug-likeness (QED) is 0.174. The van der Waals surface area contributed by atoms with Crippen molar-refractivity contribution in [3.63, 3.8) is 0 Å². The molecule has 1 nitrogen and oxygen atoms in total. The van der Waals surface area contributed by atoms with Gasteiger partial charge in [-0.3, -0.25) is 0 Å². The molecule has 0 spiro atoms. The number of nitrogens with one attached hydrogen (secondary N) is 1. The van der Waals surface area contributed by atoms with Crippen LogP contribution in [0, 0.1) is 0 Å². The summed E-state index contributed by atoms with van der Waals surface area (Å²) in [6.07, 6.45) is -16.1. The summed E-state index contributed by atoms with van der Waals surface area (Å²) in [4.78, 5) is 0. The van der Waals surface area contributed by atoms with Gasteiger partial charge in [0.1, 0.15) is 0 Å². The van der Waals surface area contributed by atoms with Crippen molar-refractivity contribution in [2.24, 2.45) is 0 Å². The van der Waals surface area contributed by atoms with Crippen molar-refractivity contribution in [3.8, 4) is 0 Å². The van der Waals surface area contributed by atoms with Crippen LogP contribution in [0.25, 0.3) is 0 Å². The number of halogens is 30. The lowest BCUT2D eigenvalue weighted by atomic mass is 9.90. The van der Waals surface area contributed by atoms with Gasteiger partial charge in [0.15, 0.2) is 0 Å². The molecule has 0 saturated carbocycles. The minimum absolute atomic E-state index is 0.536. The lowest BCUT2D eigenvalue weighted by Gasteiger charge is -2.42. The fourth-order valence-corrected chi connectivity index (χ4v) is 2.60. The average Bonchev–Trinajstić information content (AvgIpc) is 2.80. The maximum Gasteiger partial charge on any atom is 0.460 e. The topological polar surface area (TPSA) is 12.0 Å². The van der Waals surface area contributed by atoms with E-state index >= 15 is 0 Å². The molecule has 0 atom stereocenters. The highest BCUT2D eigenvalue weighted by Gasteiger charge is 2.95. The van der Waals surface area contributed by atoms with E-state index in [4.69, 9.17) is 0 Å². The van der Waals surface area contributed by atoms with Crippen molar-refractivity contribution >= 4 is 0 Å². The molecule has 0 aliphatic heterocycles. The van der Waals surface area contributed by atoms with Crippen LogP contribution < -0.4 is 5.32 Å². The van der Waals surface area contributed by atoms with Gasteiger partial charge in [0, 0.05) is 0 Å². The zero-order valence-corrected chi connectivity index (χ0v) is 20.3. The predicted molar refractivity (Wildman–Crippen MR) is 84.3 cm³/mol. The smallest absolute Gasteiger partial charge is 0.305 e. The van der Waals surface area contributed by atoms with Crippen molar-refractivity contribution in [2.45, 2.75) is 83.4 Å². The Labute approximate surface area is 235 Å². The highest BCUT2D eigenvalue weighted by Crippen LogP contribution is 2.64. The summed E-state index contributed by atoms with van der Waals surface area (Å²) in [5, 5.41) is -0.536. The second-order valence-corrected chi connectivity index (χ2v) is 8.75. The summed E-state index contributed by atoms with van der Waals surface area (Å²) in [6, 6.07) is 0. The molecule has 0 amide bonds. The molecule has 0 aliphatic carbocycles. The standard InChI is InChI=1S/C16H5F30N/c17-3(18,5(21,22)7(25,26)9(29,30)11(33,34)13(37,38)15(41,42)43)1-47-2-4(19,20)6(23,24)8(27,28)10(31,32)12(35,36)14(39,40)16(44,45)46/h47H,1-2H2. The van der Waals surface area contributed by atoms with Gasteiger partial charge in [-0.05, 0) is 0 Å². The molecular weight excluding hydrogens is 776 g/mol. The van der Waals surface area contributed by atoms with Crippen molar-refractivity contribution in [1.82, 2.24) is 5.32 Å². The number of rotatable bonds is 14. The highest BCUT2D eigenvalue weighted by atomic mass is 19.4. The average molecular weight is 781 g/mol. The second kappa shape index (κ2) is 11.2. The minimum atomic E-state index is -8.96. The van der Waals surface area contributed by atoms with Gasteiger partial charge >= 0.3 is 83.4 Å². The second-order valence-electron chi connectivity index (χ2n) is 8.75. The summed E-state index contributed by atoms with van der Waals surface area (Å²) in [5.74, 6) is -103. The molecule has 47 heavy (non-hydrogen) atoms. The monoisotopic (exact) mass is 781 g/mol. The van der Waals surface area contributed by atoms with Gasteiger partial charge in [0.25, 0.3) is 0 Å². The van der Waals surface area contributed by atoms with E-state index in [1.54, 1.807) is 0 Å². The number of hydrogen-bond acceptors (Lipinski definition) is 1. The van der Waals surface area contributed by atoms with Crippen LogP contribution in [-0.4, -0.2) is 96.5 Å². The van der Waals surface area contributed by atoms with Crippen molar-refractivity contribution < 1.29 is 132 Å². The van der Waals surface area contributed by atoms with Crippen LogP contribution in [0.4, 0.5) is 132 Å². The van der Waals surface area contributed by atoms with E-state index in [1.165, 1.54) is 0 Å². The summed E-state index contributed by atoms with van der Waals surface area (Å²) in [5.41, 5.74) is 0. The molecular formula is C16H5F30N. The van der Waals surface area contributed by atoms with Gasteiger partial charge in [0.2, 0.25) is 0 Å². The Balaban J connectivity index is 6.55. The molecule has 0 unspecified atom stereocenters. The Hall–Kier alpha value is -2.14. The van der Waals surface area contributed by atoms with Crippen LogP contribution in [0.3, 0.4) is 0 Å². The molecule has 0 aromatic carbocycles. The van der Waals surface area contributed by atoms with Crippen molar-refractivity contribution in [3.05, 3.63) is 0 Å². The first kappa shape index (κ1) is 44.9. The number of alkyl halides is 30. The Morgan fingerprint density at radius 2 is 0.362 bits per heavy atom. The van der Waals surface area contributed by atoms with E-state index in [0.717, 1.165) is 0 Å². The molecule has 31 heteroatoms. The maximum absolute atomic E-state index is 13.6. The molecule has 0 aromatic rings. The molecule has 0 radical (unpaired) electrons. The molecule has 0 bridgehead atoms. The molecule has 0 aromatic heterocycles. The lowest BCUT2D eigenvalue weighted by molar-refractivity contribution is -0.453. The zero-order chi connectivity index (χ0) is 39.1. The van der Waals surface area contributed by atoms with Gasteiger partial charge < -0.3 is 5.32 Å². The molecule has 1 N–H and O–H groups in total. The Kier molecular flexibility index (Phi) is 10.7. The van der Waals surface area contributed by atoms with Crippen LogP contribution in [-0.2, 0) is 0 Å². The third-order valence-corrected chi connectivity index (χ3v) is 5.48. The van der Waals surface area contributed by atoms with Gasteiger partial charge in [-0.25, -0.2) is 0 Å². The molecule has 0 aliphatic rings. The predicted octanol–water partition coefficient (Wildman–Crippen LogP) is 9.32. The summed E-state index contributed by atoms with van der Waals surface area (Å²) in [7, 11) is 0.